The van der Waals surface area contributed by atoms with E-state index < -0.39 is 17.2 Å². The van der Waals surface area contributed by atoms with E-state index >= 15 is 0 Å². The highest BCUT2D eigenvalue weighted by molar-refractivity contribution is 14.0. The van der Waals surface area contributed by atoms with Gasteiger partial charge in [-0.3, -0.25) is 9.67 Å². The van der Waals surface area contributed by atoms with E-state index in [9.17, 15) is 4.79 Å². The first-order valence-corrected chi connectivity index (χ1v) is 10.1. The number of amides is 1. The third kappa shape index (κ3) is 10.5. The monoisotopic (exact) mass is 542 g/mol. The minimum atomic E-state index is -0.531. The van der Waals surface area contributed by atoms with Gasteiger partial charge in [0.25, 0.3) is 0 Å². The number of ether oxygens (including phenoxy) is 1. The topological polar surface area (TPSA) is 92.6 Å². The highest BCUT2D eigenvalue weighted by atomic mass is 127. The third-order valence-corrected chi connectivity index (χ3v) is 4.12. The number of benzene rings is 1. The summed E-state index contributed by atoms with van der Waals surface area (Å²) >= 11 is 0. The third-order valence-electron chi connectivity index (χ3n) is 4.12. The second-order valence-corrected chi connectivity index (χ2v) is 8.81. The Kier molecular flexibility index (Phi) is 10.3. The van der Waals surface area contributed by atoms with Crippen LogP contribution in [0.1, 0.15) is 45.7 Å². The Balaban J connectivity index is 0.00000480. The number of rotatable bonds is 7. The van der Waals surface area contributed by atoms with Gasteiger partial charge in [0.1, 0.15) is 5.60 Å². The molecule has 0 atom stereocenters. The van der Waals surface area contributed by atoms with Crippen LogP contribution in [-0.4, -0.2) is 46.6 Å². The van der Waals surface area contributed by atoms with Crippen LogP contribution in [0, 0.1) is 0 Å². The molecule has 0 unspecified atom stereocenters. The number of guanidine groups is 1. The maximum absolute atomic E-state index is 12.0. The molecule has 1 heterocycles. The number of carbonyl (C=O) groups is 1. The zero-order chi connectivity index (χ0) is 22.2. The van der Waals surface area contributed by atoms with Gasteiger partial charge in [0, 0.05) is 32.5 Å². The molecule has 0 radical (unpaired) electrons. The fraction of sp³-hybridized carbons (Fsp3) is 0.500. The first-order chi connectivity index (χ1) is 14.1. The molecule has 2 aromatic rings. The number of hydrogen-bond acceptors (Lipinski definition) is 4. The normalized spacial score (nSPS) is 12.0. The van der Waals surface area contributed by atoms with Gasteiger partial charge in [-0.2, -0.15) is 5.10 Å². The molecule has 0 aliphatic rings. The fourth-order valence-corrected chi connectivity index (χ4v) is 2.75. The van der Waals surface area contributed by atoms with E-state index in [0.717, 1.165) is 12.1 Å². The Labute approximate surface area is 202 Å². The number of alkyl carbamates (subject to hydrolysis) is 1. The summed E-state index contributed by atoms with van der Waals surface area (Å²) < 4.78 is 7.23. The highest BCUT2D eigenvalue weighted by Crippen LogP contribution is 2.09. The predicted octanol–water partition coefficient (Wildman–Crippen LogP) is 3.52. The molecule has 0 fully saturated rings. The SMILES string of the molecule is CN=C(NCc1cccc(Cn2cccn2)c1)NCC(C)(C)NC(=O)OC(C)(C)C.I. The molecule has 2 rings (SSSR count). The van der Waals surface area contributed by atoms with Gasteiger partial charge in [-0.05, 0) is 51.8 Å². The molecular formula is C22H35IN6O2. The first-order valence-electron chi connectivity index (χ1n) is 10.1. The van der Waals surface area contributed by atoms with Gasteiger partial charge in [-0.15, -0.1) is 24.0 Å². The van der Waals surface area contributed by atoms with Gasteiger partial charge in [0.15, 0.2) is 5.96 Å². The highest BCUT2D eigenvalue weighted by Gasteiger charge is 2.24. The van der Waals surface area contributed by atoms with Crippen molar-refractivity contribution in [2.75, 3.05) is 13.6 Å². The van der Waals surface area contributed by atoms with Crippen molar-refractivity contribution in [1.29, 1.82) is 0 Å². The average Bonchev–Trinajstić information content (AvgIpc) is 3.13. The fourth-order valence-electron chi connectivity index (χ4n) is 2.75. The molecule has 172 valence electrons. The number of nitrogens with zero attached hydrogens (tertiary/aromatic N) is 3. The number of hydrogen-bond donors (Lipinski definition) is 3. The molecule has 0 aliphatic heterocycles. The zero-order valence-corrected chi connectivity index (χ0v) is 21.6. The molecule has 1 amide bonds. The standard InChI is InChI=1S/C22H34N6O2.HI/c1-21(2,3)30-20(29)27-22(4,5)16-25-19(23-6)24-14-17-9-7-10-18(13-17)15-28-12-8-11-26-28;/h7-13H,14-16H2,1-6H3,(H,27,29)(H2,23,24,25);1H. The second-order valence-electron chi connectivity index (χ2n) is 8.81. The number of carbonyl (C=O) groups excluding carboxylic acids is 1. The lowest BCUT2D eigenvalue weighted by atomic mass is 10.1. The predicted molar refractivity (Wildman–Crippen MR) is 135 cm³/mol. The van der Waals surface area contributed by atoms with Gasteiger partial charge in [-0.25, -0.2) is 4.79 Å². The average molecular weight is 542 g/mol. The van der Waals surface area contributed by atoms with Gasteiger partial charge in [0.2, 0.25) is 0 Å². The molecular weight excluding hydrogens is 507 g/mol. The van der Waals surface area contributed by atoms with Crippen LogP contribution in [-0.2, 0) is 17.8 Å². The summed E-state index contributed by atoms with van der Waals surface area (Å²) in [6, 6.07) is 10.3. The van der Waals surface area contributed by atoms with Crippen LogP contribution in [0.5, 0.6) is 0 Å². The molecule has 1 aromatic heterocycles. The van der Waals surface area contributed by atoms with Crippen molar-refractivity contribution in [2.24, 2.45) is 4.99 Å². The number of aliphatic imine (C=N–C) groups is 1. The summed E-state index contributed by atoms with van der Waals surface area (Å²) in [5, 5.41) is 13.7. The lowest BCUT2D eigenvalue weighted by Crippen LogP contribution is -2.54. The number of aromatic nitrogens is 2. The van der Waals surface area contributed by atoms with Crippen molar-refractivity contribution in [3.63, 3.8) is 0 Å². The summed E-state index contributed by atoms with van der Waals surface area (Å²) in [5.74, 6) is 0.659. The molecule has 3 N–H and O–H groups in total. The largest absolute Gasteiger partial charge is 0.444 e. The van der Waals surface area contributed by atoms with E-state index in [1.165, 1.54) is 5.56 Å². The molecule has 0 aliphatic carbocycles. The minimum absolute atomic E-state index is 0. The number of nitrogens with one attached hydrogen (secondary N) is 3. The summed E-state index contributed by atoms with van der Waals surface area (Å²) in [7, 11) is 1.72. The Morgan fingerprint density at radius 3 is 2.45 bits per heavy atom. The smallest absolute Gasteiger partial charge is 0.408 e. The van der Waals surface area contributed by atoms with E-state index in [1.54, 1.807) is 13.2 Å². The molecule has 0 spiro atoms. The molecule has 0 bridgehead atoms. The van der Waals surface area contributed by atoms with E-state index in [2.05, 4.69) is 44.2 Å². The van der Waals surface area contributed by atoms with E-state index in [0.29, 0.717) is 19.0 Å². The lowest BCUT2D eigenvalue weighted by Gasteiger charge is -2.29. The molecule has 0 saturated carbocycles. The second kappa shape index (κ2) is 11.9. The molecule has 31 heavy (non-hydrogen) atoms. The molecule has 9 heteroatoms. The van der Waals surface area contributed by atoms with Crippen molar-refractivity contribution in [3.05, 3.63) is 53.9 Å². The summed E-state index contributed by atoms with van der Waals surface area (Å²) in [6.07, 6.45) is 3.29. The maximum atomic E-state index is 12.0. The van der Waals surface area contributed by atoms with Crippen LogP contribution >= 0.6 is 24.0 Å². The molecule has 1 aromatic carbocycles. The van der Waals surface area contributed by atoms with Crippen LogP contribution < -0.4 is 16.0 Å². The van der Waals surface area contributed by atoms with Crippen LogP contribution in [0.4, 0.5) is 4.79 Å². The van der Waals surface area contributed by atoms with E-state index in [4.69, 9.17) is 4.74 Å². The Morgan fingerprint density at radius 1 is 1.13 bits per heavy atom. The van der Waals surface area contributed by atoms with Gasteiger partial charge in [-0.1, -0.05) is 24.3 Å². The first kappa shape index (κ1) is 26.7. The van der Waals surface area contributed by atoms with Crippen molar-refractivity contribution < 1.29 is 9.53 Å². The molecule has 8 nitrogen and oxygen atoms in total. The zero-order valence-electron chi connectivity index (χ0n) is 19.2. The van der Waals surface area contributed by atoms with Crippen molar-refractivity contribution in [3.8, 4) is 0 Å². The van der Waals surface area contributed by atoms with E-state index in [-0.39, 0.29) is 24.0 Å². The van der Waals surface area contributed by atoms with Crippen molar-refractivity contribution in [1.82, 2.24) is 25.7 Å². The maximum Gasteiger partial charge on any atom is 0.408 e. The Hall–Kier alpha value is -2.30. The number of halogens is 1. The van der Waals surface area contributed by atoms with Crippen LogP contribution in [0.2, 0.25) is 0 Å². The summed E-state index contributed by atoms with van der Waals surface area (Å²) in [5.41, 5.74) is 1.29. The lowest BCUT2D eigenvalue weighted by molar-refractivity contribution is 0.0474. The van der Waals surface area contributed by atoms with Crippen molar-refractivity contribution in [2.45, 2.75) is 58.8 Å². The summed E-state index contributed by atoms with van der Waals surface area (Å²) in [6.45, 7) is 11.2. The Morgan fingerprint density at radius 2 is 1.84 bits per heavy atom. The molecule has 0 saturated heterocycles. The minimum Gasteiger partial charge on any atom is -0.444 e. The Bertz CT molecular complexity index is 844. The quantitative estimate of drug-likeness (QED) is 0.283. The van der Waals surface area contributed by atoms with Crippen molar-refractivity contribution >= 4 is 36.0 Å². The van der Waals surface area contributed by atoms with E-state index in [1.807, 2.05) is 57.6 Å². The van der Waals surface area contributed by atoms with Gasteiger partial charge in [0.05, 0.1) is 12.1 Å². The van der Waals surface area contributed by atoms with Gasteiger partial charge < -0.3 is 20.7 Å². The van der Waals surface area contributed by atoms with Crippen LogP contribution in [0.25, 0.3) is 0 Å². The summed E-state index contributed by atoms with van der Waals surface area (Å²) in [4.78, 5) is 16.3. The van der Waals surface area contributed by atoms with Crippen LogP contribution in [0.3, 0.4) is 0 Å². The van der Waals surface area contributed by atoms with Crippen LogP contribution in [0.15, 0.2) is 47.7 Å². The van der Waals surface area contributed by atoms with Gasteiger partial charge >= 0.3 is 6.09 Å².